The van der Waals surface area contributed by atoms with Crippen molar-refractivity contribution in [1.82, 2.24) is 15.0 Å². The van der Waals surface area contributed by atoms with E-state index in [1.54, 1.807) is 6.20 Å². The van der Waals surface area contributed by atoms with Gasteiger partial charge in [0.05, 0.1) is 0 Å². The highest BCUT2D eigenvalue weighted by Crippen LogP contribution is 2.17. The summed E-state index contributed by atoms with van der Waals surface area (Å²) < 4.78 is 0.930. The number of aryl methyl sites for hydroxylation is 1. The van der Waals surface area contributed by atoms with Crippen LogP contribution in [0.25, 0.3) is 11.5 Å². The van der Waals surface area contributed by atoms with Gasteiger partial charge in [0.2, 0.25) is 0 Å². The van der Waals surface area contributed by atoms with Crippen LogP contribution in [0.3, 0.4) is 0 Å². The second kappa shape index (κ2) is 5.23. The Hall–Kier alpha value is -1.49. The lowest BCUT2D eigenvalue weighted by Gasteiger charge is -2.04. The summed E-state index contributed by atoms with van der Waals surface area (Å²) in [4.78, 5) is 12.9. The number of nitrogens with zero attached hydrogens (tertiary/aromatic N) is 3. The molecule has 0 radical (unpaired) electrons. The molecule has 0 saturated heterocycles. The van der Waals surface area contributed by atoms with Crippen LogP contribution in [-0.2, 0) is 6.42 Å². The van der Waals surface area contributed by atoms with Gasteiger partial charge in [-0.2, -0.15) is 0 Å². The van der Waals surface area contributed by atoms with Crippen molar-refractivity contribution in [3.8, 4) is 11.5 Å². The van der Waals surface area contributed by atoms with Gasteiger partial charge in [0.15, 0.2) is 5.82 Å². The minimum Gasteiger partial charge on any atom is -0.384 e. The molecule has 17 heavy (non-hydrogen) atoms. The Labute approximate surface area is 108 Å². The van der Waals surface area contributed by atoms with Crippen LogP contribution in [0, 0.1) is 0 Å². The van der Waals surface area contributed by atoms with Crippen LogP contribution in [-0.4, -0.2) is 15.0 Å². The fourth-order valence-electron chi connectivity index (χ4n) is 1.53. The van der Waals surface area contributed by atoms with Crippen molar-refractivity contribution in [3.63, 3.8) is 0 Å². The molecule has 0 fully saturated rings. The molecule has 4 nitrogen and oxygen atoms in total. The predicted molar refractivity (Wildman–Crippen MR) is 71.4 cm³/mol. The first kappa shape index (κ1) is 12.0. The molecule has 0 amide bonds. The lowest BCUT2D eigenvalue weighted by molar-refractivity contribution is 0.875. The first-order valence-corrected chi connectivity index (χ1v) is 6.23. The molecule has 0 aliphatic heterocycles. The zero-order chi connectivity index (χ0) is 12.3. The molecule has 0 bridgehead atoms. The Morgan fingerprint density at radius 2 is 2.12 bits per heavy atom. The molecule has 2 aromatic rings. The topological polar surface area (TPSA) is 64.7 Å². The van der Waals surface area contributed by atoms with Gasteiger partial charge in [-0.15, -0.1) is 0 Å². The first-order chi connectivity index (χ1) is 8.19. The van der Waals surface area contributed by atoms with E-state index in [0.29, 0.717) is 11.6 Å². The fourth-order valence-corrected chi connectivity index (χ4v) is 1.76. The minimum absolute atomic E-state index is 0.489. The minimum atomic E-state index is 0.489. The van der Waals surface area contributed by atoms with E-state index in [9.17, 15) is 0 Å². The SMILES string of the molecule is CCCc1cc(N)nc(-c2ccc(Br)cn2)n1. The average molecular weight is 293 g/mol. The van der Waals surface area contributed by atoms with Crippen molar-refractivity contribution in [2.75, 3.05) is 5.73 Å². The number of anilines is 1. The third-order valence-electron chi connectivity index (χ3n) is 2.26. The standard InChI is InChI=1S/C12H13BrN4/c1-2-3-9-6-11(14)17-12(16-9)10-5-4-8(13)7-15-10/h4-7H,2-3H2,1H3,(H2,14,16,17). The normalized spacial score (nSPS) is 10.5. The van der Waals surface area contributed by atoms with Crippen molar-refractivity contribution in [2.45, 2.75) is 19.8 Å². The Morgan fingerprint density at radius 1 is 1.29 bits per heavy atom. The van der Waals surface area contributed by atoms with E-state index in [1.807, 2.05) is 18.2 Å². The molecule has 2 aromatic heterocycles. The zero-order valence-corrected chi connectivity index (χ0v) is 11.1. The molecule has 2 heterocycles. The van der Waals surface area contributed by atoms with Gasteiger partial charge in [0.25, 0.3) is 0 Å². The van der Waals surface area contributed by atoms with E-state index < -0.39 is 0 Å². The van der Waals surface area contributed by atoms with Crippen molar-refractivity contribution >= 4 is 21.7 Å². The second-order valence-corrected chi connectivity index (χ2v) is 4.64. The molecule has 0 atom stereocenters. The van der Waals surface area contributed by atoms with Crippen molar-refractivity contribution in [2.24, 2.45) is 0 Å². The van der Waals surface area contributed by atoms with Gasteiger partial charge < -0.3 is 5.73 Å². The molecular formula is C12H13BrN4. The maximum absolute atomic E-state index is 5.77. The maximum Gasteiger partial charge on any atom is 0.180 e. The largest absolute Gasteiger partial charge is 0.384 e. The van der Waals surface area contributed by atoms with Crippen LogP contribution >= 0.6 is 15.9 Å². The third kappa shape index (κ3) is 3.00. The monoisotopic (exact) mass is 292 g/mol. The van der Waals surface area contributed by atoms with Crippen molar-refractivity contribution in [3.05, 3.63) is 34.6 Å². The summed E-state index contributed by atoms with van der Waals surface area (Å²) in [7, 11) is 0. The third-order valence-corrected chi connectivity index (χ3v) is 2.73. The fraction of sp³-hybridized carbons (Fsp3) is 0.250. The van der Waals surface area contributed by atoms with Crippen LogP contribution in [0.1, 0.15) is 19.0 Å². The van der Waals surface area contributed by atoms with Crippen LogP contribution in [0.2, 0.25) is 0 Å². The number of halogens is 1. The number of nitrogen functional groups attached to an aromatic ring is 1. The van der Waals surface area contributed by atoms with Gasteiger partial charge in [0, 0.05) is 22.4 Å². The van der Waals surface area contributed by atoms with Gasteiger partial charge in [-0.3, -0.25) is 4.98 Å². The summed E-state index contributed by atoms with van der Waals surface area (Å²) >= 11 is 3.34. The van der Waals surface area contributed by atoms with E-state index in [4.69, 9.17) is 5.73 Å². The second-order valence-electron chi connectivity index (χ2n) is 3.72. The zero-order valence-electron chi connectivity index (χ0n) is 9.52. The van der Waals surface area contributed by atoms with Gasteiger partial charge in [-0.25, -0.2) is 9.97 Å². The van der Waals surface area contributed by atoms with Crippen LogP contribution in [0.15, 0.2) is 28.9 Å². The highest BCUT2D eigenvalue weighted by Gasteiger charge is 2.06. The van der Waals surface area contributed by atoms with E-state index in [0.717, 1.165) is 28.7 Å². The summed E-state index contributed by atoms with van der Waals surface area (Å²) in [6.45, 7) is 2.11. The highest BCUT2D eigenvalue weighted by atomic mass is 79.9. The molecule has 0 unspecified atom stereocenters. The summed E-state index contributed by atoms with van der Waals surface area (Å²) in [5, 5.41) is 0. The Kier molecular flexibility index (Phi) is 3.68. The van der Waals surface area contributed by atoms with E-state index in [1.165, 1.54) is 0 Å². The smallest absolute Gasteiger partial charge is 0.180 e. The Bertz CT molecular complexity index is 510. The number of hydrogen-bond acceptors (Lipinski definition) is 4. The summed E-state index contributed by atoms with van der Waals surface area (Å²) in [6, 6.07) is 5.59. The molecule has 0 spiro atoms. The highest BCUT2D eigenvalue weighted by molar-refractivity contribution is 9.10. The lowest BCUT2D eigenvalue weighted by atomic mass is 10.2. The summed E-state index contributed by atoms with van der Waals surface area (Å²) in [6.07, 6.45) is 3.65. The molecule has 0 saturated carbocycles. The van der Waals surface area contributed by atoms with Gasteiger partial charge >= 0.3 is 0 Å². The number of nitrogens with two attached hydrogens (primary N) is 1. The lowest BCUT2D eigenvalue weighted by Crippen LogP contribution is -2.01. The molecule has 5 heteroatoms. The van der Waals surface area contributed by atoms with Gasteiger partial charge in [0.1, 0.15) is 11.5 Å². The molecule has 0 aromatic carbocycles. The number of rotatable bonds is 3. The summed E-state index contributed by atoms with van der Waals surface area (Å²) in [5.41, 5.74) is 7.46. The predicted octanol–water partition coefficient (Wildman–Crippen LogP) is 2.84. The number of aromatic nitrogens is 3. The first-order valence-electron chi connectivity index (χ1n) is 5.44. The van der Waals surface area contributed by atoms with Crippen LogP contribution in [0.5, 0.6) is 0 Å². The van der Waals surface area contributed by atoms with Crippen molar-refractivity contribution in [1.29, 1.82) is 0 Å². The van der Waals surface area contributed by atoms with Gasteiger partial charge in [-0.05, 0) is 34.5 Å². The number of hydrogen-bond donors (Lipinski definition) is 1. The summed E-state index contributed by atoms with van der Waals surface area (Å²) in [5.74, 6) is 1.07. The Balaban J connectivity index is 2.40. The average Bonchev–Trinajstić information content (AvgIpc) is 2.29. The molecule has 88 valence electrons. The molecular weight excluding hydrogens is 280 g/mol. The van der Waals surface area contributed by atoms with E-state index >= 15 is 0 Å². The number of pyridine rings is 1. The molecule has 0 aliphatic rings. The van der Waals surface area contributed by atoms with Gasteiger partial charge in [-0.1, -0.05) is 13.3 Å². The quantitative estimate of drug-likeness (QED) is 0.945. The molecule has 2 rings (SSSR count). The van der Waals surface area contributed by atoms with E-state index in [2.05, 4.69) is 37.8 Å². The van der Waals surface area contributed by atoms with Crippen LogP contribution in [0.4, 0.5) is 5.82 Å². The maximum atomic E-state index is 5.77. The molecule has 2 N–H and O–H groups in total. The van der Waals surface area contributed by atoms with Crippen LogP contribution < -0.4 is 5.73 Å². The molecule has 0 aliphatic carbocycles. The van der Waals surface area contributed by atoms with Crippen molar-refractivity contribution < 1.29 is 0 Å². The van der Waals surface area contributed by atoms with E-state index in [-0.39, 0.29) is 0 Å². The Morgan fingerprint density at radius 3 is 2.76 bits per heavy atom.